The van der Waals surface area contributed by atoms with Gasteiger partial charge in [-0.05, 0) is 20.5 Å². The summed E-state index contributed by atoms with van der Waals surface area (Å²) in [5.74, 6) is 0. The summed E-state index contributed by atoms with van der Waals surface area (Å²) >= 11 is 0. The number of carbonyl (C=O) groups is 1. The van der Waals surface area contributed by atoms with E-state index in [-0.39, 0.29) is 6.61 Å². The van der Waals surface area contributed by atoms with Crippen molar-refractivity contribution in [2.45, 2.75) is 6.42 Å². The summed E-state index contributed by atoms with van der Waals surface area (Å²) in [5, 5.41) is 8.04. The second-order valence-corrected chi connectivity index (χ2v) is 2.27. The van der Waals surface area contributed by atoms with E-state index in [0.29, 0.717) is 0 Å². The van der Waals surface area contributed by atoms with E-state index in [9.17, 15) is 4.79 Å². The van der Waals surface area contributed by atoms with Gasteiger partial charge in [0.1, 0.15) is 0 Å². The second kappa shape index (κ2) is 5.05. The fraction of sp³-hybridized carbons (Fsp3) is 0.833. The fourth-order valence-electron chi connectivity index (χ4n) is 0.540. The lowest BCUT2D eigenvalue weighted by molar-refractivity contribution is 0.0887. The molecule has 0 saturated heterocycles. The third kappa shape index (κ3) is 7.23. The normalized spacial score (nSPS) is 9.90. The molecule has 10 heavy (non-hydrogen) atoms. The topological polar surface area (TPSA) is 49.8 Å². The van der Waals surface area contributed by atoms with Crippen molar-refractivity contribution in [3.05, 3.63) is 0 Å². The average Bonchev–Trinajstić information content (AvgIpc) is 1.79. The minimum Gasteiger partial charge on any atom is -0.450 e. The third-order valence-corrected chi connectivity index (χ3v) is 0.975. The van der Waals surface area contributed by atoms with Gasteiger partial charge in [0.05, 0.1) is 6.61 Å². The van der Waals surface area contributed by atoms with E-state index in [1.54, 1.807) is 0 Å². The van der Waals surface area contributed by atoms with E-state index in [1.807, 2.05) is 19.0 Å². The third-order valence-electron chi connectivity index (χ3n) is 0.975. The molecule has 0 atom stereocenters. The first-order chi connectivity index (χ1) is 4.63. The molecule has 0 aromatic heterocycles. The maximum Gasteiger partial charge on any atom is 0.505 e. The molecule has 0 amide bonds. The lowest BCUT2D eigenvalue weighted by atomic mass is 10.4. The van der Waals surface area contributed by atoms with E-state index in [0.717, 1.165) is 13.0 Å². The Labute approximate surface area is 60.4 Å². The minimum atomic E-state index is -1.20. The molecule has 0 radical (unpaired) electrons. The number of hydrogen-bond donors (Lipinski definition) is 1. The Morgan fingerprint density at radius 3 is 2.60 bits per heavy atom. The molecule has 0 unspecified atom stereocenters. The quantitative estimate of drug-likeness (QED) is 0.468. The SMILES string of the molecule is CN(C)CCCOC(=O)O. The molecule has 0 aliphatic heterocycles. The molecule has 60 valence electrons. The van der Waals surface area contributed by atoms with Gasteiger partial charge in [-0.2, -0.15) is 0 Å². The summed E-state index contributed by atoms with van der Waals surface area (Å²) in [6, 6.07) is 0. The zero-order chi connectivity index (χ0) is 7.98. The highest BCUT2D eigenvalue weighted by Gasteiger charge is 1.95. The van der Waals surface area contributed by atoms with Crippen molar-refractivity contribution in [3.63, 3.8) is 0 Å². The molecule has 0 aliphatic carbocycles. The van der Waals surface area contributed by atoms with Crippen LogP contribution in [0.15, 0.2) is 0 Å². The molecule has 0 aromatic rings. The number of carboxylic acid groups (broad SMARTS) is 1. The van der Waals surface area contributed by atoms with Crippen LogP contribution < -0.4 is 0 Å². The van der Waals surface area contributed by atoms with E-state index in [4.69, 9.17) is 5.11 Å². The molecule has 0 rings (SSSR count). The van der Waals surface area contributed by atoms with Gasteiger partial charge in [0.15, 0.2) is 0 Å². The summed E-state index contributed by atoms with van der Waals surface area (Å²) < 4.78 is 4.28. The summed E-state index contributed by atoms with van der Waals surface area (Å²) in [5.41, 5.74) is 0. The Bertz CT molecular complexity index is 103. The monoisotopic (exact) mass is 147 g/mol. The van der Waals surface area contributed by atoms with E-state index < -0.39 is 6.16 Å². The molecule has 0 saturated carbocycles. The highest BCUT2D eigenvalue weighted by atomic mass is 16.7. The Hall–Kier alpha value is -0.770. The van der Waals surface area contributed by atoms with Crippen molar-refractivity contribution in [2.24, 2.45) is 0 Å². The van der Waals surface area contributed by atoms with E-state index in [1.165, 1.54) is 0 Å². The van der Waals surface area contributed by atoms with Crippen LogP contribution in [0.5, 0.6) is 0 Å². The van der Waals surface area contributed by atoms with Crippen LogP contribution in [0, 0.1) is 0 Å². The first-order valence-electron chi connectivity index (χ1n) is 3.13. The first-order valence-corrected chi connectivity index (χ1v) is 3.13. The van der Waals surface area contributed by atoms with Crippen LogP contribution in [-0.2, 0) is 4.74 Å². The van der Waals surface area contributed by atoms with Gasteiger partial charge >= 0.3 is 6.16 Å². The summed E-state index contributed by atoms with van der Waals surface area (Å²) in [6.07, 6.45) is -0.446. The second-order valence-electron chi connectivity index (χ2n) is 2.27. The number of hydrogen-bond acceptors (Lipinski definition) is 3. The predicted octanol–water partition coefficient (Wildman–Crippen LogP) is 0.633. The van der Waals surface area contributed by atoms with Crippen LogP contribution in [0.3, 0.4) is 0 Å². The van der Waals surface area contributed by atoms with Crippen molar-refractivity contribution in [1.82, 2.24) is 4.90 Å². The van der Waals surface area contributed by atoms with Gasteiger partial charge < -0.3 is 14.7 Å². The maximum atomic E-state index is 9.81. The van der Waals surface area contributed by atoms with Gasteiger partial charge in [0.2, 0.25) is 0 Å². The van der Waals surface area contributed by atoms with Crippen molar-refractivity contribution in [1.29, 1.82) is 0 Å². The minimum absolute atomic E-state index is 0.285. The average molecular weight is 147 g/mol. The van der Waals surface area contributed by atoms with Crippen LogP contribution in [0.2, 0.25) is 0 Å². The molecule has 0 aliphatic rings. The molecule has 1 N–H and O–H groups in total. The van der Waals surface area contributed by atoms with Crippen molar-refractivity contribution < 1.29 is 14.6 Å². The standard InChI is InChI=1S/C6H13NO3/c1-7(2)4-3-5-10-6(8)9/h3-5H2,1-2H3,(H,8,9). The Morgan fingerprint density at radius 2 is 2.20 bits per heavy atom. The molecule has 0 heterocycles. The van der Waals surface area contributed by atoms with Crippen LogP contribution in [0.25, 0.3) is 0 Å². The lowest BCUT2D eigenvalue weighted by Gasteiger charge is -2.07. The van der Waals surface area contributed by atoms with Gasteiger partial charge in [-0.15, -0.1) is 0 Å². The molecule has 0 fully saturated rings. The number of nitrogens with zero attached hydrogens (tertiary/aromatic N) is 1. The van der Waals surface area contributed by atoms with Crippen LogP contribution in [0.4, 0.5) is 4.79 Å². The largest absolute Gasteiger partial charge is 0.505 e. The Kier molecular flexibility index (Phi) is 4.66. The fourth-order valence-corrected chi connectivity index (χ4v) is 0.540. The molecular formula is C6H13NO3. The summed E-state index contributed by atoms with van der Waals surface area (Å²) in [4.78, 5) is 11.8. The van der Waals surface area contributed by atoms with Gasteiger partial charge in [-0.3, -0.25) is 0 Å². The Morgan fingerprint density at radius 1 is 1.60 bits per heavy atom. The van der Waals surface area contributed by atoms with Crippen LogP contribution >= 0.6 is 0 Å². The summed E-state index contributed by atoms with van der Waals surface area (Å²) in [7, 11) is 3.86. The molecule has 4 nitrogen and oxygen atoms in total. The van der Waals surface area contributed by atoms with Crippen molar-refractivity contribution in [2.75, 3.05) is 27.2 Å². The van der Waals surface area contributed by atoms with Crippen LogP contribution in [-0.4, -0.2) is 43.4 Å². The van der Waals surface area contributed by atoms with Gasteiger partial charge in [-0.1, -0.05) is 0 Å². The number of ether oxygens (including phenoxy) is 1. The first kappa shape index (κ1) is 9.23. The number of rotatable bonds is 4. The molecule has 0 aromatic carbocycles. The van der Waals surface area contributed by atoms with Crippen LogP contribution in [0.1, 0.15) is 6.42 Å². The zero-order valence-corrected chi connectivity index (χ0v) is 6.33. The molecule has 0 spiro atoms. The highest BCUT2D eigenvalue weighted by molar-refractivity contribution is 5.56. The van der Waals surface area contributed by atoms with Gasteiger partial charge in [0, 0.05) is 6.54 Å². The molecular weight excluding hydrogens is 134 g/mol. The molecule has 4 heteroatoms. The van der Waals surface area contributed by atoms with E-state index in [2.05, 4.69) is 4.74 Å². The van der Waals surface area contributed by atoms with Gasteiger partial charge in [-0.25, -0.2) is 4.79 Å². The van der Waals surface area contributed by atoms with Crippen molar-refractivity contribution >= 4 is 6.16 Å². The molecule has 0 bridgehead atoms. The maximum absolute atomic E-state index is 9.81. The van der Waals surface area contributed by atoms with E-state index >= 15 is 0 Å². The predicted molar refractivity (Wildman–Crippen MR) is 37.1 cm³/mol. The summed E-state index contributed by atoms with van der Waals surface area (Å²) in [6.45, 7) is 1.14. The lowest BCUT2D eigenvalue weighted by Crippen LogP contribution is -2.15. The van der Waals surface area contributed by atoms with Crippen molar-refractivity contribution in [3.8, 4) is 0 Å². The zero-order valence-electron chi connectivity index (χ0n) is 6.33. The van der Waals surface area contributed by atoms with Gasteiger partial charge in [0.25, 0.3) is 0 Å². The Balaban J connectivity index is 2.98. The highest BCUT2D eigenvalue weighted by Crippen LogP contribution is 1.85. The smallest absolute Gasteiger partial charge is 0.450 e.